The van der Waals surface area contributed by atoms with Crippen LogP contribution in [0.25, 0.3) is 0 Å². The number of nitrogens with one attached hydrogen (secondary N) is 2. The molecular formula is C29H39ClN2O7. The maximum Gasteiger partial charge on any atom is 0.511 e. The van der Waals surface area contributed by atoms with E-state index in [9.17, 15) is 14.4 Å². The summed E-state index contributed by atoms with van der Waals surface area (Å²) in [5.41, 5.74) is -0.141. The number of carbonyl (C=O) groups is 3. The monoisotopic (exact) mass is 562 g/mol. The Kier molecular flexibility index (Phi) is 11.6. The van der Waals surface area contributed by atoms with Crippen LogP contribution in [0, 0.1) is 5.41 Å². The molecule has 10 heteroatoms. The molecule has 0 aliphatic heterocycles. The molecule has 214 valence electrons. The molecule has 39 heavy (non-hydrogen) atoms. The Labute approximate surface area is 235 Å². The third-order valence-corrected chi connectivity index (χ3v) is 5.97. The summed E-state index contributed by atoms with van der Waals surface area (Å²) in [6.07, 6.45) is -1.92. The van der Waals surface area contributed by atoms with Crippen molar-refractivity contribution >= 4 is 29.6 Å². The predicted molar refractivity (Wildman–Crippen MR) is 149 cm³/mol. The Morgan fingerprint density at radius 2 is 1.51 bits per heavy atom. The van der Waals surface area contributed by atoms with E-state index in [4.69, 9.17) is 30.5 Å². The lowest BCUT2D eigenvalue weighted by Gasteiger charge is -2.30. The third-order valence-electron chi connectivity index (χ3n) is 5.72. The molecule has 2 aromatic rings. The van der Waals surface area contributed by atoms with E-state index >= 15 is 0 Å². The number of esters is 1. The molecule has 2 aromatic carbocycles. The van der Waals surface area contributed by atoms with Gasteiger partial charge in [-0.05, 0) is 69.3 Å². The minimum atomic E-state index is -1.35. The van der Waals surface area contributed by atoms with E-state index in [1.54, 1.807) is 57.3 Å². The standard InChI is InChI=1S/C29H39ClN2O7/c1-19(37-27(35)38-24(18-31-7)28(2,3)4)36-26(34)29(5,6)39-23-14-8-20(9-15-23)16-17-32-25(33)21-10-12-22(30)13-11-21/h8-15,19,24,31H,16-18H2,1-7H3,(H,32,33). The molecule has 0 aromatic heterocycles. The number of rotatable bonds is 12. The zero-order valence-corrected chi connectivity index (χ0v) is 24.4. The van der Waals surface area contributed by atoms with Gasteiger partial charge in [0.05, 0.1) is 0 Å². The summed E-state index contributed by atoms with van der Waals surface area (Å²) in [5.74, 6) is -0.427. The average Bonchev–Trinajstić information content (AvgIpc) is 2.84. The Bertz CT molecular complexity index is 1100. The van der Waals surface area contributed by atoms with Gasteiger partial charge in [-0.25, -0.2) is 9.59 Å². The van der Waals surface area contributed by atoms with Crippen LogP contribution in [0.2, 0.25) is 5.02 Å². The number of halogens is 1. The van der Waals surface area contributed by atoms with Gasteiger partial charge in [0.1, 0.15) is 11.9 Å². The van der Waals surface area contributed by atoms with Crippen LogP contribution in [0.4, 0.5) is 4.79 Å². The van der Waals surface area contributed by atoms with Gasteiger partial charge < -0.3 is 29.6 Å². The molecule has 0 heterocycles. The van der Waals surface area contributed by atoms with Crippen LogP contribution in [0.1, 0.15) is 57.5 Å². The lowest BCUT2D eigenvalue weighted by Crippen LogP contribution is -2.43. The number of ether oxygens (including phenoxy) is 4. The van der Waals surface area contributed by atoms with Crippen molar-refractivity contribution in [2.75, 3.05) is 20.1 Å². The molecule has 2 N–H and O–H groups in total. The van der Waals surface area contributed by atoms with Gasteiger partial charge in [0.25, 0.3) is 5.91 Å². The molecule has 0 saturated heterocycles. The van der Waals surface area contributed by atoms with E-state index in [1.165, 1.54) is 6.92 Å². The van der Waals surface area contributed by atoms with Gasteiger partial charge in [-0.1, -0.05) is 44.5 Å². The van der Waals surface area contributed by atoms with Gasteiger partial charge in [0.15, 0.2) is 5.60 Å². The van der Waals surface area contributed by atoms with Crippen LogP contribution in [-0.2, 0) is 25.4 Å². The number of hydrogen-bond donors (Lipinski definition) is 2. The van der Waals surface area contributed by atoms with Crippen molar-refractivity contribution in [2.45, 2.75) is 66.0 Å². The van der Waals surface area contributed by atoms with Crippen molar-refractivity contribution in [1.82, 2.24) is 10.6 Å². The number of benzene rings is 2. The molecule has 1 amide bonds. The minimum Gasteiger partial charge on any atom is -0.476 e. The lowest BCUT2D eigenvalue weighted by atomic mass is 9.89. The van der Waals surface area contributed by atoms with Crippen molar-refractivity contribution in [1.29, 1.82) is 0 Å². The second-order valence-corrected chi connectivity index (χ2v) is 11.1. The van der Waals surface area contributed by atoms with Crippen LogP contribution in [-0.4, -0.2) is 56.2 Å². The molecule has 0 aliphatic carbocycles. The first-order valence-electron chi connectivity index (χ1n) is 12.8. The van der Waals surface area contributed by atoms with Gasteiger partial charge in [-0.2, -0.15) is 0 Å². The molecule has 0 fully saturated rings. The van der Waals surface area contributed by atoms with E-state index in [0.29, 0.717) is 35.8 Å². The summed E-state index contributed by atoms with van der Waals surface area (Å²) in [6.45, 7) is 11.3. The summed E-state index contributed by atoms with van der Waals surface area (Å²) in [6, 6.07) is 13.8. The Morgan fingerprint density at radius 3 is 2.08 bits per heavy atom. The summed E-state index contributed by atoms with van der Waals surface area (Å²) >= 11 is 5.86. The van der Waals surface area contributed by atoms with Crippen molar-refractivity contribution < 1.29 is 33.3 Å². The van der Waals surface area contributed by atoms with Crippen LogP contribution in [0.5, 0.6) is 5.75 Å². The van der Waals surface area contributed by atoms with E-state index < -0.39 is 30.1 Å². The molecule has 0 spiro atoms. The summed E-state index contributed by atoms with van der Waals surface area (Å²) in [4.78, 5) is 37.1. The van der Waals surface area contributed by atoms with Crippen LogP contribution >= 0.6 is 11.6 Å². The number of carbonyl (C=O) groups excluding carboxylic acids is 3. The highest BCUT2D eigenvalue weighted by Crippen LogP contribution is 2.23. The van der Waals surface area contributed by atoms with Crippen LogP contribution < -0.4 is 15.4 Å². The molecule has 2 rings (SSSR count). The first-order valence-corrected chi connectivity index (χ1v) is 13.1. The summed E-state index contributed by atoms with van der Waals surface area (Å²) in [7, 11) is 1.76. The molecule has 0 bridgehead atoms. The smallest absolute Gasteiger partial charge is 0.476 e. The van der Waals surface area contributed by atoms with Crippen LogP contribution in [0.15, 0.2) is 48.5 Å². The second kappa shape index (κ2) is 14.2. The lowest BCUT2D eigenvalue weighted by molar-refractivity contribution is -0.184. The molecular weight excluding hydrogens is 524 g/mol. The van der Waals surface area contributed by atoms with E-state index in [2.05, 4.69) is 10.6 Å². The van der Waals surface area contributed by atoms with Crippen molar-refractivity contribution in [3.63, 3.8) is 0 Å². The number of likely N-dealkylation sites (N-methyl/N-ethyl adjacent to an activating group) is 1. The third kappa shape index (κ3) is 10.8. The van der Waals surface area contributed by atoms with E-state index in [1.807, 2.05) is 32.9 Å². The van der Waals surface area contributed by atoms with Gasteiger partial charge in [-0.15, -0.1) is 0 Å². The Balaban J connectivity index is 1.82. The Hall–Kier alpha value is -3.30. The van der Waals surface area contributed by atoms with Crippen molar-refractivity contribution in [2.24, 2.45) is 5.41 Å². The number of hydrogen-bond acceptors (Lipinski definition) is 8. The predicted octanol–water partition coefficient (Wildman–Crippen LogP) is 5.15. The minimum absolute atomic E-state index is 0.176. The van der Waals surface area contributed by atoms with Crippen LogP contribution in [0.3, 0.4) is 0 Å². The fourth-order valence-corrected chi connectivity index (χ4v) is 3.52. The second-order valence-electron chi connectivity index (χ2n) is 10.6. The first kappa shape index (κ1) is 31.9. The zero-order chi connectivity index (χ0) is 29.2. The number of amides is 1. The fraction of sp³-hybridized carbons (Fsp3) is 0.483. The first-order chi connectivity index (χ1) is 18.2. The zero-order valence-electron chi connectivity index (χ0n) is 23.6. The average molecular weight is 563 g/mol. The highest BCUT2D eigenvalue weighted by atomic mass is 35.5. The van der Waals surface area contributed by atoms with Gasteiger partial charge in [0.2, 0.25) is 6.29 Å². The fourth-order valence-electron chi connectivity index (χ4n) is 3.39. The van der Waals surface area contributed by atoms with Crippen molar-refractivity contribution in [3.8, 4) is 5.75 Å². The maximum atomic E-state index is 12.7. The van der Waals surface area contributed by atoms with Crippen molar-refractivity contribution in [3.05, 3.63) is 64.7 Å². The summed E-state index contributed by atoms with van der Waals surface area (Å²) < 4.78 is 21.6. The SMILES string of the molecule is CNCC(OC(=O)OC(C)OC(=O)C(C)(C)Oc1ccc(CCNC(=O)c2ccc(Cl)cc2)cc1)C(C)(C)C. The highest BCUT2D eigenvalue weighted by molar-refractivity contribution is 6.30. The van der Waals surface area contributed by atoms with Gasteiger partial charge in [0, 0.05) is 36.0 Å². The van der Waals surface area contributed by atoms with E-state index in [-0.39, 0.29) is 11.3 Å². The van der Waals surface area contributed by atoms with Gasteiger partial charge in [-0.3, -0.25) is 4.79 Å². The van der Waals surface area contributed by atoms with Gasteiger partial charge >= 0.3 is 12.1 Å². The normalized spacial score (nSPS) is 13.1. The molecule has 0 radical (unpaired) electrons. The molecule has 2 atom stereocenters. The molecule has 9 nitrogen and oxygen atoms in total. The quantitative estimate of drug-likeness (QED) is 0.270. The largest absolute Gasteiger partial charge is 0.511 e. The molecule has 0 saturated carbocycles. The highest BCUT2D eigenvalue weighted by Gasteiger charge is 2.35. The summed E-state index contributed by atoms with van der Waals surface area (Å²) in [5, 5.41) is 6.42. The van der Waals surface area contributed by atoms with E-state index in [0.717, 1.165) is 5.56 Å². The Morgan fingerprint density at radius 1 is 0.897 bits per heavy atom. The maximum absolute atomic E-state index is 12.7. The molecule has 0 aliphatic rings. The topological polar surface area (TPSA) is 112 Å². The molecule has 2 unspecified atom stereocenters.